The molecule has 0 radical (unpaired) electrons. The number of fused-ring (bicyclic) bond motifs is 1. The molecule has 150 valence electrons. The number of carbonyl (C=O) groups is 3. The fourth-order valence-corrected chi connectivity index (χ4v) is 5.69. The van der Waals surface area contributed by atoms with E-state index in [9.17, 15) is 14.4 Å². The molecule has 8 heteroatoms. The van der Waals surface area contributed by atoms with E-state index in [1.807, 2.05) is 36.0 Å². The van der Waals surface area contributed by atoms with Gasteiger partial charge >= 0.3 is 6.03 Å². The smallest absolute Gasteiger partial charge is 0.315 e. The number of nitrogens with zero attached hydrogens (tertiary/aromatic N) is 1. The SMILES string of the molecule is O=C(CCCC[C@@H]1SC[C@H]2NC(=O)N[C@H]12)Nc1ccc(N2CCCC2=O)cc1. The van der Waals surface area contributed by atoms with Crippen LogP contribution in [0.15, 0.2) is 24.3 Å². The van der Waals surface area contributed by atoms with Gasteiger partial charge in [-0.3, -0.25) is 9.59 Å². The van der Waals surface area contributed by atoms with Crippen molar-refractivity contribution in [3.8, 4) is 0 Å². The van der Waals surface area contributed by atoms with Crippen molar-refractivity contribution in [3.63, 3.8) is 0 Å². The zero-order valence-corrected chi connectivity index (χ0v) is 16.6. The normalized spacial score (nSPS) is 26.1. The number of amides is 4. The lowest BCUT2D eigenvalue weighted by Crippen LogP contribution is -2.36. The highest BCUT2D eigenvalue weighted by molar-refractivity contribution is 8.00. The van der Waals surface area contributed by atoms with Gasteiger partial charge in [0.05, 0.1) is 12.1 Å². The molecule has 1 aromatic carbocycles. The minimum atomic E-state index is -0.0557. The Hall–Kier alpha value is -2.22. The zero-order chi connectivity index (χ0) is 19.5. The number of unbranched alkanes of at least 4 members (excludes halogenated alkanes) is 1. The van der Waals surface area contributed by atoms with Crippen LogP contribution in [0.5, 0.6) is 0 Å². The molecule has 3 N–H and O–H groups in total. The molecule has 0 unspecified atom stereocenters. The van der Waals surface area contributed by atoms with Crippen LogP contribution in [-0.2, 0) is 9.59 Å². The first-order chi connectivity index (χ1) is 13.6. The minimum absolute atomic E-state index is 0.0118. The molecule has 4 amide bonds. The van der Waals surface area contributed by atoms with Crippen molar-refractivity contribution in [2.75, 3.05) is 22.5 Å². The van der Waals surface area contributed by atoms with Crippen molar-refractivity contribution in [3.05, 3.63) is 24.3 Å². The van der Waals surface area contributed by atoms with Gasteiger partial charge < -0.3 is 20.9 Å². The fraction of sp³-hybridized carbons (Fsp3) is 0.550. The number of hydrogen-bond acceptors (Lipinski definition) is 4. The summed E-state index contributed by atoms with van der Waals surface area (Å²) < 4.78 is 0. The Morgan fingerprint density at radius 1 is 1.18 bits per heavy atom. The number of urea groups is 1. The van der Waals surface area contributed by atoms with Gasteiger partial charge in [0.15, 0.2) is 0 Å². The highest BCUT2D eigenvalue weighted by Gasteiger charge is 2.42. The summed E-state index contributed by atoms with van der Waals surface area (Å²) in [7, 11) is 0. The van der Waals surface area contributed by atoms with Crippen molar-refractivity contribution in [1.82, 2.24) is 10.6 Å². The molecule has 3 atom stereocenters. The number of thioether (sulfide) groups is 1. The second-order valence-electron chi connectivity index (χ2n) is 7.61. The van der Waals surface area contributed by atoms with Crippen LogP contribution in [0, 0.1) is 0 Å². The maximum Gasteiger partial charge on any atom is 0.315 e. The molecular formula is C20H26N4O3S. The Balaban J connectivity index is 1.17. The lowest BCUT2D eigenvalue weighted by molar-refractivity contribution is -0.117. The molecule has 4 rings (SSSR count). The second kappa shape index (κ2) is 8.43. The molecule has 3 fully saturated rings. The molecule has 0 spiro atoms. The third-order valence-electron chi connectivity index (χ3n) is 5.62. The quantitative estimate of drug-likeness (QED) is 0.483. The predicted molar refractivity (Wildman–Crippen MR) is 111 cm³/mol. The summed E-state index contributed by atoms with van der Waals surface area (Å²) in [5.74, 6) is 1.14. The van der Waals surface area contributed by atoms with Crippen LogP contribution in [0.2, 0.25) is 0 Å². The second-order valence-corrected chi connectivity index (χ2v) is 8.88. The number of hydrogen-bond donors (Lipinski definition) is 3. The van der Waals surface area contributed by atoms with Gasteiger partial charge in [-0.2, -0.15) is 11.8 Å². The average Bonchev–Trinajstić information content (AvgIpc) is 3.36. The summed E-state index contributed by atoms with van der Waals surface area (Å²) in [6, 6.07) is 7.90. The van der Waals surface area contributed by atoms with Crippen molar-refractivity contribution in [1.29, 1.82) is 0 Å². The van der Waals surface area contributed by atoms with Crippen LogP contribution in [0.4, 0.5) is 16.2 Å². The van der Waals surface area contributed by atoms with Crippen LogP contribution in [0.1, 0.15) is 38.5 Å². The van der Waals surface area contributed by atoms with Crippen molar-refractivity contribution in [2.45, 2.75) is 55.9 Å². The topological polar surface area (TPSA) is 90.5 Å². The Kier molecular flexibility index (Phi) is 5.75. The van der Waals surface area contributed by atoms with Gasteiger partial charge in [-0.15, -0.1) is 0 Å². The first-order valence-electron chi connectivity index (χ1n) is 9.99. The summed E-state index contributed by atoms with van der Waals surface area (Å²) in [6.07, 6.45) is 4.83. The van der Waals surface area contributed by atoms with Crippen LogP contribution in [0.3, 0.4) is 0 Å². The number of anilines is 2. The van der Waals surface area contributed by atoms with E-state index >= 15 is 0 Å². The van der Waals surface area contributed by atoms with Gasteiger partial charge in [0.1, 0.15) is 0 Å². The molecule has 7 nitrogen and oxygen atoms in total. The van der Waals surface area contributed by atoms with Gasteiger partial charge in [-0.25, -0.2) is 4.79 Å². The maximum atomic E-state index is 12.2. The van der Waals surface area contributed by atoms with Gasteiger partial charge in [0.2, 0.25) is 11.8 Å². The molecular weight excluding hydrogens is 376 g/mol. The van der Waals surface area contributed by atoms with Crippen LogP contribution in [-0.4, -0.2) is 47.5 Å². The standard InChI is InChI=1S/C20H26N4O3S/c25-17(5-2-1-4-16-19-15(12-28-16)22-20(27)23-19)21-13-7-9-14(10-8-13)24-11-3-6-18(24)26/h7-10,15-16,19H,1-6,11-12H2,(H,21,25)(H2,22,23,27)/t15-,16+,19+/m1/s1. The fourth-order valence-electron chi connectivity index (χ4n) is 4.14. The third-order valence-corrected chi connectivity index (χ3v) is 7.13. The molecule has 3 aliphatic heterocycles. The van der Waals surface area contributed by atoms with E-state index < -0.39 is 0 Å². The van der Waals surface area contributed by atoms with Gasteiger partial charge in [0.25, 0.3) is 0 Å². The zero-order valence-electron chi connectivity index (χ0n) is 15.8. The van der Waals surface area contributed by atoms with Crippen molar-refractivity contribution < 1.29 is 14.4 Å². The Morgan fingerprint density at radius 2 is 2.00 bits per heavy atom. The first kappa shape index (κ1) is 19.1. The van der Waals surface area contributed by atoms with E-state index in [1.54, 1.807) is 4.90 Å². The number of carbonyl (C=O) groups excluding carboxylic acids is 3. The van der Waals surface area contributed by atoms with Gasteiger partial charge in [-0.1, -0.05) is 6.42 Å². The molecule has 0 aromatic heterocycles. The van der Waals surface area contributed by atoms with Crippen LogP contribution in [0.25, 0.3) is 0 Å². The Bertz CT molecular complexity index is 754. The molecule has 3 saturated heterocycles. The summed E-state index contributed by atoms with van der Waals surface area (Å²) in [5, 5.41) is 9.32. The van der Waals surface area contributed by atoms with Crippen molar-refractivity contribution >= 4 is 41.0 Å². The summed E-state index contributed by atoms with van der Waals surface area (Å²) in [4.78, 5) is 37.2. The van der Waals surface area contributed by atoms with E-state index in [0.717, 1.165) is 49.4 Å². The van der Waals surface area contributed by atoms with Gasteiger partial charge in [0, 0.05) is 41.8 Å². The molecule has 1 aromatic rings. The molecule has 3 heterocycles. The lowest BCUT2D eigenvalue weighted by atomic mass is 10.0. The predicted octanol–water partition coefficient (Wildman–Crippen LogP) is 2.48. The number of benzene rings is 1. The minimum Gasteiger partial charge on any atom is -0.332 e. The van der Waals surface area contributed by atoms with E-state index in [2.05, 4.69) is 16.0 Å². The van der Waals surface area contributed by atoms with Crippen LogP contribution >= 0.6 is 11.8 Å². The van der Waals surface area contributed by atoms with E-state index in [-0.39, 0.29) is 29.9 Å². The molecule has 0 saturated carbocycles. The molecule has 0 bridgehead atoms. The number of rotatable bonds is 7. The molecule has 28 heavy (non-hydrogen) atoms. The van der Waals surface area contributed by atoms with E-state index in [0.29, 0.717) is 18.1 Å². The van der Waals surface area contributed by atoms with E-state index in [1.165, 1.54) is 0 Å². The van der Waals surface area contributed by atoms with Crippen molar-refractivity contribution in [2.24, 2.45) is 0 Å². The van der Waals surface area contributed by atoms with Gasteiger partial charge in [-0.05, 0) is 43.5 Å². The molecule has 0 aliphatic carbocycles. The first-order valence-corrected chi connectivity index (χ1v) is 11.0. The van der Waals surface area contributed by atoms with Crippen LogP contribution < -0.4 is 20.9 Å². The molecule has 3 aliphatic rings. The van der Waals surface area contributed by atoms with E-state index in [4.69, 9.17) is 0 Å². The number of nitrogens with one attached hydrogen (secondary N) is 3. The summed E-state index contributed by atoms with van der Waals surface area (Å²) >= 11 is 1.90. The lowest BCUT2D eigenvalue weighted by Gasteiger charge is -2.16. The Morgan fingerprint density at radius 3 is 2.75 bits per heavy atom. The summed E-state index contributed by atoms with van der Waals surface area (Å²) in [5.41, 5.74) is 1.65. The summed E-state index contributed by atoms with van der Waals surface area (Å²) in [6.45, 7) is 0.769. The highest BCUT2D eigenvalue weighted by Crippen LogP contribution is 2.33. The monoisotopic (exact) mass is 402 g/mol. The largest absolute Gasteiger partial charge is 0.332 e. The maximum absolute atomic E-state index is 12.2. The third kappa shape index (κ3) is 4.27. The Labute approximate surface area is 169 Å². The highest BCUT2D eigenvalue weighted by atomic mass is 32.2. The average molecular weight is 403 g/mol.